The molecule has 0 aliphatic heterocycles. The van der Waals surface area contributed by atoms with Crippen LogP contribution < -0.4 is 4.74 Å². The standard InChI is InChI=1S/C12H6Br3FO2S/c13-8-2-1-6(3-9(8)16)18-5-10(17)7-4-11(14)19-12(7)15/h1-4H,5H2. The molecule has 0 radical (unpaired) electrons. The zero-order valence-electron chi connectivity index (χ0n) is 9.25. The van der Waals surface area contributed by atoms with E-state index in [4.69, 9.17) is 4.74 Å². The van der Waals surface area contributed by atoms with Crippen molar-refractivity contribution in [3.8, 4) is 5.75 Å². The number of thiophene rings is 1. The van der Waals surface area contributed by atoms with Crippen LogP contribution in [0.25, 0.3) is 0 Å². The van der Waals surface area contributed by atoms with Crippen molar-refractivity contribution in [2.75, 3.05) is 6.61 Å². The van der Waals surface area contributed by atoms with Crippen molar-refractivity contribution in [1.29, 1.82) is 0 Å². The van der Waals surface area contributed by atoms with Gasteiger partial charge in [0.2, 0.25) is 5.78 Å². The Labute approximate surface area is 138 Å². The summed E-state index contributed by atoms with van der Waals surface area (Å²) in [6.45, 7) is -0.136. The smallest absolute Gasteiger partial charge is 0.202 e. The van der Waals surface area contributed by atoms with Crippen molar-refractivity contribution in [1.82, 2.24) is 0 Å². The van der Waals surface area contributed by atoms with Crippen LogP contribution >= 0.6 is 59.1 Å². The fraction of sp³-hybridized carbons (Fsp3) is 0.0833. The van der Waals surface area contributed by atoms with Crippen LogP contribution in [0.15, 0.2) is 36.3 Å². The van der Waals surface area contributed by atoms with Gasteiger partial charge in [0.1, 0.15) is 11.6 Å². The second-order valence-electron chi connectivity index (χ2n) is 3.53. The Bertz CT molecular complexity index is 627. The first kappa shape index (κ1) is 15.2. The van der Waals surface area contributed by atoms with Crippen LogP contribution in [0.4, 0.5) is 4.39 Å². The number of Topliss-reactive ketones (excluding diaryl/α,β-unsaturated/α-hetero) is 1. The normalized spacial score (nSPS) is 10.5. The summed E-state index contributed by atoms with van der Waals surface area (Å²) in [5, 5.41) is 0. The summed E-state index contributed by atoms with van der Waals surface area (Å²) in [4.78, 5) is 11.9. The summed E-state index contributed by atoms with van der Waals surface area (Å²) in [5.74, 6) is -0.277. The molecule has 0 amide bonds. The zero-order valence-corrected chi connectivity index (χ0v) is 14.8. The maximum atomic E-state index is 13.3. The second kappa shape index (κ2) is 6.47. The van der Waals surface area contributed by atoms with E-state index in [1.165, 1.54) is 23.5 Å². The summed E-state index contributed by atoms with van der Waals surface area (Å²) >= 11 is 11.1. The minimum Gasteiger partial charge on any atom is -0.485 e. The van der Waals surface area contributed by atoms with E-state index in [1.807, 2.05) is 0 Å². The average Bonchev–Trinajstić information content (AvgIpc) is 2.70. The Balaban J connectivity index is 2.04. The van der Waals surface area contributed by atoms with Gasteiger partial charge in [-0.05, 0) is 66.0 Å². The third-order valence-corrected chi connectivity index (χ3v) is 5.20. The summed E-state index contributed by atoms with van der Waals surface area (Å²) in [7, 11) is 0. The van der Waals surface area contributed by atoms with E-state index in [9.17, 15) is 9.18 Å². The van der Waals surface area contributed by atoms with Crippen LogP contribution in [0, 0.1) is 5.82 Å². The van der Waals surface area contributed by atoms with Gasteiger partial charge in [0.25, 0.3) is 0 Å². The van der Waals surface area contributed by atoms with Crippen LogP contribution in [0.1, 0.15) is 10.4 Å². The Morgan fingerprint density at radius 1 is 1.26 bits per heavy atom. The van der Waals surface area contributed by atoms with E-state index >= 15 is 0 Å². The van der Waals surface area contributed by atoms with E-state index in [1.54, 1.807) is 12.1 Å². The van der Waals surface area contributed by atoms with Gasteiger partial charge in [-0.3, -0.25) is 4.79 Å². The van der Waals surface area contributed by atoms with E-state index in [0.29, 0.717) is 15.8 Å². The number of ketones is 1. The second-order valence-corrected chi connectivity index (χ2v) is 8.13. The minimum absolute atomic E-state index is 0.136. The third-order valence-electron chi connectivity index (χ3n) is 2.22. The highest BCUT2D eigenvalue weighted by Gasteiger charge is 2.14. The Morgan fingerprint density at radius 3 is 2.58 bits per heavy atom. The molecule has 0 saturated heterocycles. The van der Waals surface area contributed by atoms with Gasteiger partial charge in [-0.1, -0.05) is 0 Å². The Morgan fingerprint density at radius 2 is 2.00 bits per heavy atom. The van der Waals surface area contributed by atoms with Crippen LogP contribution in [0.2, 0.25) is 0 Å². The number of halogens is 4. The van der Waals surface area contributed by atoms with Crippen LogP contribution in [-0.2, 0) is 0 Å². The average molecular weight is 473 g/mol. The molecule has 0 aliphatic rings. The number of carbonyl (C=O) groups is 1. The topological polar surface area (TPSA) is 26.3 Å². The predicted octanol–water partition coefficient (Wildman–Crippen LogP) is 5.44. The van der Waals surface area contributed by atoms with Crippen LogP contribution in [0.3, 0.4) is 0 Å². The first-order valence-electron chi connectivity index (χ1n) is 5.03. The summed E-state index contributed by atoms with van der Waals surface area (Å²) < 4.78 is 20.5. The molecule has 0 N–H and O–H groups in total. The van der Waals surface area contributed by atoms with E-state index in [2.05, 4.69) is 47.8 Å². The first-order valence-corrected chi connectivity index (χ1v) is 8.23. The molecule has 1 heterocycles. The number of rotatable bonds is 4. The maximum Gasteiger partial charge on any atom is 0.202 e. The first-order chi connectivity index (χ1) is 8.97. The Hall–Kier alpha value is -0.240. The molecule has 2 aromatic rings. The fourth-order valence-corrected chi connectivity index (χ4v) is 4.43. The van der Waals surface area contributed by atoms with Gasteiger partial charge < -0.3 is 4.74 Å². The van der Waals surface area contributed by atoms with Gasteiger partial charge >= 0.3 is 0 Å². The van der Waals surface area contributed by atoms with E-state index in [-0.39, 0.29) is 12.4 Å². The lowest BCUT2D eigenvalue weighted by molar-refractivity contribution is 0.0921. The molecule has 100 valence electrons. The quantitative estimate of drug-likeness (QED) is 0.554. The molecular weight excluding hydrogens is 467 g/mol. The highest BCUT2D eigenvalue weighted by atomic mass is 79.9. The molecule has 0 atom stereocenters. The van der Waals surface area contributed by atoms with Crippen molar-refractivity contribution >= 4 is 64.9 Å². The number of ether oxygens (including phenoxy) is 1. The Kier molecular flexibility index (Phi) is 5.16. The molecule has 0 spiro atoms. The van der Waals surface area contributed by atoms with Gasteiger partial charge in [0.05, 0.1) is 12.0 Å². The summed E-state index contributed by atoms with van der Waals surface area (Å²) in [6.07, 6.45) is 0. The molecule has 2 rings (SSSR count). The fourth-order valence-electron chi connectivity index (χ4n) is 1.32. The molecule has 0 saturated carbocycles. The van der Waals surface area contributed by atoms with Crippen molar-refractivity contribution in [3.05, 3.63) is 47.7 Å². The number of carbonyl (C=O) groups excluding carboxylic acids is 1. The number of hydrogen-bond donors (Lipinski definition) is 0. The van der Waals surface area contributed by atoms with Crippen molar-refractivity contribution < 1.29 is 13.9 Å². The monoisotopic (exact) mass is 470 g/mol. The number of benzene rings is 1. The van der Waals surface area contributed by atoms with Gasteiger partial charge in [-0.25, -0.2) is 4.39 Å². The zero-order chi connectivity index (χ0) is 14.0. The number of hydrogen-bond acceptors (Lipinski definition) is 3. The molecule has 7 heteroatoms. The van der Waals surface area contributed by atoms with Crippen LogP contribution in [-0.4, -0.2) is 12.4 Å². The molecular formula is C12H6Br3FO2S. The van der Waals surface area contributed by atoms with E-state index in [0.717, 1.165) is 7.57 Å². The van der Waals surface area contributed by atoms with Crippen molar-refractivity contribution in [2.24, 2.45) is 0 Å². The SMILES string of the molecule is O=C(COc1ccc(Br)c(F)c1)c1cc(Br)sc1Br. The van der Waals surface area contributed by atoms with Gasteiger partial charge in [-0.2, -0.15) is 0 Å². The lowest BCUT2D eigenvalue weighted by Crippen LogP contribution is -2.11. The highest BCUT2D eigenvalue weighted by Crippen LogP contribution is 2.32. The predicted molar refractivity (Wildman–Crippen MR) is 83.6 cm³/mol. The van der Waals surface area contributed by atoms with Gasteiger partial charge in [0.15, 0.2) is 6.61 Å². The summed E-state index contributed by atoms with van der Waals surface area (Å²) in [6, 6.07) is 6.09. The maximum absolute atomic E-state index is 13.3. The van der Waals surface area contributed by atoms with Gasteiger partial charge in [0, 0.05) is 11.6 Å². The minimum atomic E-state index is -0.426. The third kappa shape index (κ3) is 3.87. The lowest BCUT2D eigenvalue weighted by atomic mass is 10.2. The molecule has 2 nitrogen and oxygen atoms in total. The van der Waals surface area contributed by atoms with Crippen molar-refractivity contribution in [3.63, 3.8) is 0 Å². The molecule has 0 bridgehead atoms. The van der Waals surface area contributed by atoms with Crippen molar-refractivity contribution in [2.45, 2.75) is 0 Å². The van der Waals surface area contributed by atoms with Gasteiger partial charge in [-0.15, -0.1) is 11.3 Å². The molecule has 0 fully saturated rings. The molecule has 1 aromatic carbocycles. The molecule has 19 heavy (non-hydrogen) atoms. The van der Waals surface area contributed by atoms with E-state index < -0.39 is 5.82 Å². The molecule has 0 unspecified atom stereocenters. The van der Waals surface area contributed by atoms with Crippen LogP contribution in [0.5, 0.6) is 5.75 Å². The summed E-state index contributed by atoms with van der Waals surface area (Å²) in [5.41, 5.74) is 0.550. The molecule has 1 aromatic heterocycles. The molecule has 0 aliphatic carbocycles. The largest absolute Gasteiger partial charge is 0.485 e. The lowest BCUT2D eigenvalue weighted by Gasteiger charge is -2.05. The highest BCUT2D eigenvalue weighted by molar-refractivity contribution is 9.12.